The van der Waals surface area contributed by atoms with Gasteiger partial charge in [-0.3, -0.25) is 0 Å². The van der Waals surface area contributed by atoms with Gasteiger partial charge < -0.3 is 9.47 Å². The molecule has 0 N–H and O–H groups in total. The first kappa shape index (κ1) is 17.3. The van der Waals surface area contributed by atoms with Crippen LogP contribution in [-0.4, -0.2) is 0 Å². The number of hydrogen-bond donors (Lipinski definition) is 0. The van der Waals surface area contributed by atoms with E-state index >= 15 is 0 Å². The molecule has 146 valence electrons. The van der Waals surface area contributed by atoms with Gasteiger partial charge >= 0.3 is 0 Å². The molecule has 30 heavy (non-hydrogen) atoms. The molecule has 0 fully saturated rings. The van der Waals surface area contributed by atoms with Gasteiger partial charge in [0, 0.05) is 33.1 Å². The van der Waals surface area contributed by atoms with E-state index in [-0.39, 0.29) is 10.8 Å². The highest BCUT2D eigenvalue weighted by Gasteiger charge is 2.56. The Morgan fingerprint density at radius 2 is 0.633 bits per heavy atom. The maximum atomic E-state index is 6.35. The minimum Gasteiger partial charge on any atom is -0.457 e. The van der Waals surface area contributed by atoms with E-state index in [2.05, 4.69) is 86.6 Å². The summed E-state index contributed by atoms with van der Waals surface area (Å²) in [5.74, 6) is 3.67. The molecule has 0 saturated heterocycles. The Kier molecular flexibility index (Phi) is 3.47. The summed E-state index contributed by atoms with van der Waals surface area (Å²) >= 11 is 0. The van der Waals surface area contributed by atoms with Crippen LogP contribution in [0.4, 0.5) is 0 Å². The highest BCUT2D eigenvalue weighted by molar-refractivity contribution is 5.68. The standard InChI is InChI=1S/C28H22O2/c1-27(19-11-3-7-15-23(19)29-24-16-8-4-12-20(24)27)28(2)21-13-5-9-17-25(21)30-26-18-10-6-14-22(26)28/h3-18H,1-2H3. The molecule has 0 radical (unpaired) electrons. The van der Waals surface area contributed by atoms with E-state index in [9.17, 15) is 0 Å². The molecule has 0 saturated carbocycles. The molecule has 0 atom stereocenters. The first-order chi connectivity index (χ1) is 14.6. The summed E-state index contributed by atoms with van der Waals surface area (Å²) in [6.45, 7) is 4.71. The number of benzene rings is 4. The van der Waals surface area contributed by atoms with Crippen LogP contribution >= 0.6 is 0 Å². The van der Waals surface area contributed by atoms with Gasteiger partial charge in [0.2, 0.25) is 0 Å². The van der Waals surface area contributed by atoms with Crippen molar-refractivity contribution in [3.8, 4) is 23.0 Å². The molecule has 0 amide bonds. The van der Waals surface area contributed by atoms with Gasteiger partial charge in [-0.2, -0.15) is 0 Å². The molecule has 0 spiro atoms. The third kappa shape index (κ3) is 2.03. The second-order valence-electron chi connectivity index (χ2n) is 8.44. The lowest BCUT2D eigenvalue weighted by Gasteiger charge is -2.52. The van der Waals surface area contributed by atoms with Gasteiger partial charge in [0.25, 0.3) is 0 Å². The Bertz CT molecular complexity index is 1100. The van der Waals surface area contributed by atoms with Crippen LogP contribution in [0, 0.1) is 0 Å². The second kappa shape index (κ2) is 5.99. The number of rotatable bonds is 1. The van der Waals surface area contributed by atoms with E-state index in [0.29, 0.717) is 0 Å². The van der Waals surface area contributed by atoms with Crippen molar-refractivity contribution in [3.63, 3.8) is 0 Å². The van der Waals surface area contributed by atoms with Crippen LogP contribution in [0.5, 0.6) is 23.0 Å². The molecule has 0 aromatic heterocycles. The predicted molar refractivity (Wildman–Crippen MR) is 119 cm³/mol. The molecule has 2 aliphatic rings. The van der Waals surface area contributed by atoms with Gasteiger partial charge in [-0.15, -0.1) is 0 Å². The van der Waals surface area contributed by atoms with Gasteiger partial charge in [0.1, 0.15) is 23.0 Å². The van der Waals surface area contributed by atoms with E-state index < -0.39 is 0 Å². The zero-order valence-electron chi connectivity index (χ0n) is 17.1. The van der Waals surface area contributed by atoms with E-state index in [1.54, 1.807) is 0 Å². The van der Waals surface area contributed by atoms with E-state index in [1.165, 1.54) is 22.3 Å². The number of hydrogen-bond acceptors (Lipinski definition) is 2. The molecule has 2 heterocycles. The smallest absolute Gasteiger partial charge is 0.131 e. The van der Waals surface area contributed by atoms with Crippen molar-refractivity contribution in [1.29, 1.82) is 0 Å². The Hall–Kier alpha value is -3.52. The number of para-hydroxylation sites is 4. The highest BCUT2D eigenvalue weighted by Crippen LogP contribution is 2.63. The van der Waals surface area contributed by atoms with Crippen LogP contribution in [0.2, 0.25) is 0 Å². The first-order valence-electron chi connectivity index (χ1n) is 10.4. The largest absolute Gasteiger partial charge is 0.457 e. The van der Waals surface area contributed by atoms with Crippen molar-refractivity contribution in [3.05, 3.63) is 119 Å². The monoisotopic (exact) mass is 390 g/mol. The summed E-state index contributed by atoms with van der Waals surface area (Å²) in [6.07, 6.45) is 0. The maximum absolute atomic E-state index is 6.35. The normalized spacial score (nSPS) is 16.7. The van der Waals surface area contributed by atoms with Crippen molar-refractivity contribution in [2.75, 3.05) is 0 Å². The fraction of sp³-hybridized carbons (Fsp3) is 0.143. The van der Waals surface area contributed by atoms with Crippen LogP contribution in [0.25, 0.3) is 0 Å². The minimum absolute atomic E-state index is 0.367. The molecule has 0 bridgehead atoms. The summed E-state index contributed by atoms with van der Waals surface area (Å²) in [5.41, 5.74) is 4.04. The van der Waals surface area contributed by atoms with Crippen molar-refractivity contribution in [2.24, 2.45) is 0 Å². The molecule has 2 nitrogen and oxygen atoms in total. The lowest BCUT2D eigenvalue weighted by Crippen LogP contribution is -2.49. The maximum Gasteiger partial charge on any atom is 0.131 e. The third-order valence-corrected chi connectivity index (χ3v) is 7.14. The Labute approximate surface area is 176 Å². The predicted octanol–water partition coefficient (Wildman–Crippen LogP) is 7.21. The lowest BCUT2D eigenvalue weighted by atomic mass is 9.52. The van der Waals surface area contributed by atoms with Gasteiger partial charge in [-0.25, -0.2) is 0 Å². The van der Waals surface area contributed by atoms with Gasteiger partial charge in [-0.1, -0.05) is 72.8 Å². The van der Waals surface area contributed by atoms with E-state index in [4.69, 9.17) is 9.47 Å². The third-order valence-electron chi connectivity index (χ3n) is 7.14. The van der Waals surface area contributed by atoms with Gasteiger partial charge in [0.15, 0.2) is 0 Å². The average Bonchev–Trinajstić information content (AvgIpc) is 2.79. The highest BCUT2D eigenvalue weighted by atomic mass is 16.5. The molecule has 4 aromatic rings. The second-order valence-corrected chi connectivity index (χ2v) is 8.44. The van der Waals surface area contributed by atoms with E-state index in [1.807, 2.05) is 24.3 Å². The summed E-state index contributed by atoms with van der Waals surface area (Å²) in [4.78, 5) is 0. The Balaban J connectivity index is 1.77. The van der Waals surface area contributed by atoms with Crippen LogP contribution in [0.15, 0.2) is 97.1 Å². The van der Waals surface area contributed by atoms with Gasteiger partial charge in [-0.05, 0) is 38.1 Å². The molecular weight excluding hydrogens is 368 g/mol. The van der Waals surface area contributed by atoms with Crippen molar-refractivity contribution >= 4 is 0 Å². The van der Waals surface area contributed by atoms with Crippen molar-refractivity contribution in [1.82, 2.24) is 0 Å². The van der Waals surface area contributed by atoms with Crippen molar-refractivity contribution < 1.29 is 9.47 Å². The molecule has 0 aliphatic carbocycles. The zero-order valence-corrected chi connectivity index (χ0v) is 17.1. The summed E-state index contributed by atoms with van der Waals surface area (Å²) in [6, 6.07) is 33.7. The lowest BCUT2D eigenvalue weighted by molar-refractivity contribution is 0.286. The molecular formula is C28H22O2. The molecule has 2 heteroatoms. The quantitative estimate of drug-likeness (QED) is 0.342. The fourth-order valence-electron chi connectivity index (χ4n) is 5.48. The Morgan fingerprint density at radius 3 is 0.900 bits per heavy atom. The molecule has 0 unspecified atom stereocenters. The van der Waals surface area contributed by atoms with Gasteiger partial charge in [0.05, 0.1) is 0 Å². The summed E-state index contributed by atoms with van der Waals surface area (Å²) in [7, 11) is 0. The molecule has 4 aromatic carbocycles. The zero-order chi connectivity index (χ0) is 20.3. The minimum atomic E-state index is -0.367. The average molecular weight is 390 g/mol. The molecule has 6 rings (SSSR count). The number of ether oxygens (including phenoxy) is 2. The summed E-state index contributed by atoms with van der Waals surface area (Å²) < 4.78 is 12.7. The van der Waals surface area contributed by atoms with Crippen LogP contribution in [-0.2, 0) is 10.8 Å². The number of fused-ring (bicyclic) bond motifs is 4. The SMILES string of the molecule is CC1(C2(C)c3ccccc3Oc3ccccc32)c2ccccc2Oc2ccccc21. The van der Waals surface area contributed by atoms with Crippen LogP contribution < -0.4 is 9.47 Å². The first-order valence-corrected chi connectivity index (χ1v) is 10.4. The van der Waals surface area contributed by atoms with Crippen LogP contribution in [0.1, 0.15) is 36.1 Å². The van der Waals surface area contributed by atoms with E-state index in [0.717, 1.165) is 23.0 Å². The summed E-state index contributed by atoms with van der Waals surface area (Å²) in [5, 5.41) is 0. The topological polar surface area (TPSA) is 18.5 Å². The van der Waals surface area contributed by atoms with Crippen molar-refractivity contribution in [2.45, 2.75) is 24.7 Å². The fourth-order valence-corrected chi connectivity index (χ4v) is 5.48. The Morgan fingerprint density at radius 1 is 0.400 bits per heavy atom. The molecule has 2 aliphatic heterocycles. The van der Waals surface area contributed by atoms with Crippen LogP contribution in [0.3, 0.4) is 0 Å².